The molecule has 1 heterocycles. The van der Waals surface area contributed by atoms with Crippen LogP contribution in [0.25, 0.3) is 11.1 Å². The van der Waals surface area contributed by atoms with Gasteiger partial charge < -0.3 is 0 Å². The molecule has 0 aliphatic carbocycles. The van der Waals surface area contributed by atoms with Crippen molar-refractivity contribution in [3.63, 3.8) is 0 Å². The van der Waals surface area contributed by atoms with Crippen molar-refractivity contribution in [1.29, 1.82) is 0 Å². The molecule has 0 spiro atoms. The van der Waals surface area contributed by atoms with Crippen LogP contribution in [0.2, 0.25) is 5.02 Å². The molecule has 1 aromatic heterocycles. The van der Waals surface area contributed by atoms with Crippen molar-refractivity contribution in [3.05, 3.63) is 53.3 Å². The lowest BCUT2D eigenvalue weighted by Gasteiger charge is -2.04. The van der Waals surface area contributed by atoms with Gasteiger partial charge in [0.25, 0.3) is 0 Å². The van der Waals surface area contributed by atoms with Gasteiger partial charge >= 0.3 is 0 Å². The van der Waals surface area contributed by atoms with Crippen LogP contribution in [0.3, 0.4) is 0 Å². The second-order valence-corrected chi connectivity index (χ2v) is 3.45. The van der Waals surface area contributed by atoms with Crippen molar-refractivity contribution in [2.24, 2.45) is 0 Å². The highest BCUT2D eigenvalue weighted by Crippen LogP contribution is 2.28. The van der Waals surface area contributed by atoms with Gasteiger partial charge in [0.1, 0.15) is 0 Å². The molecular weight excluding hydrogens is 210 g/mol. The number of halogens is 1. The van der Waals surface area contributed by atoms with Gasteiger partial charge in [0.2, 0.25) is 0 Å². The van der Waals surface area contributed by atoms with Crippen LogP contribution in [0.5, 0.6) is 0 Å². The molecule has 0 unspecified atom stereocenters. The Morgan fingerprint density at radius 2 is 1.87 bits per heavy atom. The Morgan fingerprint density at radius 3 is 2.53 bits per heavy atom. The Labute approximate surface area is 92.5 Å². The summed E-state index contributed by atoms with van der Waals surface area (Å²) >= 11 is 6.07. The molecule has 2 nitrogen and oxygen atoms in total. The standard InChI is InChI=1S/C12H8ClNO/c13-12-10(8-15)6-14-7-11(12)9-4-2-1-3-5-9/h1-8H. The van der Waals surface area contributed by atoms with Crippen LogP contribution in [0.15, 0.2) is 42.7 Å². The zero-order chi connectivity index (χ0) is 10.7. The summed E-state index contributed by atoms with van der Waals surface area (Å²) in [7, 11) is 0. The number of nitrogens with zero attached hydrogens (tertiary/aromatic N) is 1. The van der Waals surface area contributed by atoms with Gasteiger partial charge in [-0.3, -0.25) is 9.78 Å². The van der Waals surface area contributed by atoms with E-state index >= 15 is 0 Å². The fraction of sp³-hybridized carbons (Fsp3) is 0. The molecule has 0 N–H and O–H groups in total. The number of hydrogen-bond donors (Lipinski definition) is 0. The van der Waals surface area contributed by atoms with Crippen LogP contribution < -0.4 is 0 Å². The lowest BCUT2D eigenvalue weighted by Crippen LogP contribution is -1.88. The summed E-state index contributed by atoms with van der Waals surface area (Å²) in [6, 6.07) is 9.61. The van der Waals surface area contributed by atoms with Crippen molar-refractivity contribution >= 4 is 17.9 Å². The highest BCUT2D eigenvalue weighted by atomic mass is 35.5. The smallest absolute Gasteiger partial charge is 0.153 e. The Bertz CT molecular complexity index is 482. The number of benzene rings is 1. The molecule has 0 aliphatic heterocycles. The van der Waals surface area contributed by atoms with E-state index in [1.165, 1.54) is 6.20 Å². The largest absolute Gasteiger partial charge is 0.298 e. The number of rotatable bonds is 2. The van der Waals surface area contributed by atoms with E-state index in [0.717, 1.165) is 11.1 Å². The first-order valence-electron chi connectivity index (χ1n) is 4.47. The van der Waals surface area contributed by atoms with Crippen molar-refractivity contribution in [2.45, 2.75) is 0 Å². The molecule has 0 fully saturated rings. The lowest BCUT2D eigenvalue weighted by molar-refractivity contribution is 0.112. The predicted octanol–water partition coefficient (Wildman–Crippen LogP) is 3.21. The molecule has 0 aliphatic rings. The Balaban J connectivity index is 2.59. The normalized spacial score (nSPS) is 9.93. The summed E-state index contributed by atoms with van der Waals surface area (Å²) in [5.41, 5.74) is 2.15. The molecule has 2 aromatic rings. The SMILES string of the molecule is O=Cc1cncc(-c2ccccc2)c1Cl. The highest BCUT2D eigenvalue weighted by molar-refractivity contribution is 6.35. The van der Waals surface area contributed by atoms with E-state index in [9.17, 15) is 4.79 Å². The number of hydrogen-bond acceptors (Lipinski definition) is 2. The van der Waals surface area contributed by atoms with Crippen LogP contribution in [-0.4, -0.2) is 11.3 Å². The summed E-state index contributed by atoms with van der Waals surface area (Å²) in [4.78, 5) is 14.7. The minimum atomic E-state index is 0.415. The number of pyridine rings is 1. The molecule has 0 bridgehead atoms. The van der Waals surface area contributed by atoms with Crippen molar-refractivity contribution in [2.75, 3.05) is 0 Å². The van der Waals surface area contributed by atoms with Gasteiger partial charge in [-0.25, -0.2) is 0 Å². The maximum Gasteiger partial charge on any atom is 0.153 e. The molecule has 0 amide bonds. The first-order chi connectivity index (χ1) is 7.33. The summed E-state index contributed by atoms with van der Waals surface area (Å²) in [5.74, 6) is 0. The predicted molar refractivity (Wildman–Crippen MR) is 60.1 cm³/mol. The monoisotopic (exact) mass is 217 g/mol. The number of aldehydes is 1. The molecule has 0 atom stereocenters. The Hall–Kier alpha value is -1.67. The summed E-state index contributed by atoms with van der Waals surface area (Å²) in [5, 5.41) is 0.450. The van der Waals surface area contributed by atoms with Gasteiger partial charge in [-0.2, -0.15) is 0 Å². The summed E-state index contributed by atoms with van der Waals surface area (Å²) in [6.07, 6.45) is 3.83. The van der Waals surface area contributed by atoms with Crippen LogP contribution >= 0.6 is 11.6 Å². The fourth-order valence-electron chi connectivity index (χ4n) is 1.36. The Kier molecular flexibility index (Phi) is 2.79. The molecule has 3 heteroatoms. The minimum absolute atomic E-state index is 0.415. The maximum atomic E-state index is 10.7. The third-order valence-corrected chi connectivity index (χ3v) is 2.54. The van der Waals surface area contributed by atoms with Gasteiger partial charge in [-0.15, -0.1) is 0 Å². The van der Waals surface area contributed by atoms with Crippen molar-refractivity contribution in [3.8, 4) is 11.1 Å². The van der Waals surface area contributed by atoms with Gasteiger partial charge in [-0.05, 0) is 5.56 Å². The Morgan fingerprint density at radius 1 is 1.13 bits per heavy atom. The molecule has 0 radical (unpaired) electrons. The van der Waals surface area contributed by atoms with Crippen LogP contribution in [0, 0.1) is 0 Å². The number of carbonyl (C=O) groups excluding carboxylic acids is 1. The highest BCUT2D eigenvalue weighted by Gasteiger charge is 2.07. The van der Waals surface area contributed by atoms with E-state index in [4.69, 9.17) is 11.6 Å². The van der Waals surface area contributed by atoms with Crippen LogP contribution in [0.1, 0.15) is 10.4 Å². The zero-order valence-corrected chi connectivity index (χ0v) is 8.61. The van der Waals surface area contributed by atoms with E-state index in [1.807, 2.05) is 30.3 Å². The van der Waals surface area contributed by atoms with E-state index < -0.39 is 0 Å². The second-order valence-electron chi connectivity index (χ2n) is 3.07. The van der Waals surface area contributed by atoms with Crippen LogP contribution in [0.4, 0.5) is 0 Å². The topological polar surface area (TPSA) is 30.0 Å². The average molecular weight is 218 g/mol. The second kappa shape index (κ2) is 4.24. The van der Waals surface area contributed by atoms with Gasteiger partial charge in [-0.1, -0.05) is 41.9 Å². The maximum absolute atomic E-state index is 10.7. The van der Waals surface area contributed by atoms with Crippen molar-refractivity contribution in [1.82, 2.24) is 4.98 Å². The van der Waals surface area contributed by atoms with Gasteiger partial charge in [0, 0.05) is 18.0 Å². The molecule has 15 heavy (non-hydrogen) atoms. The number of carbonyl (C=O) groups is 1. The molecular formula is C12H8ClNO. The van der Waals surface area contributed by atoms with Crippen molar-refractivity contribution < 1.29 is 4.79 Å². The van der Waals surface area contributed by atoms with E-state index in [1.54, 1.807) is 6.20 Å². The number of aromatic nitrogens is 1. The first kappa shape index (κ1) is 9.87. The molecule has 2 rings (SSSR count). The zero-order valence-electron chi connectivity index (χ0n) is 7.85. The summed E-state index contributed by atoms with van der Waals surface area (Å²) in [6.45, 7) is 0. The third-order valence-electron chi connectivity index (χ3n) is 2.12. The molecule has 0 saturated carbocycles. The van der Waals surface area contributed by atoms with Gasteiger partial charge in [0.15, 0.2) is 6.29 Å². The van der Waals surface area contributed by atoms with E-state index in [2.05, 4.69) is 4.98 Å². The van der Waals surface area contributed by atoms with Crippen LogP contribution in [-0.2, 0) is 0 Å². The lowest BCUT2D eigenvalue weighted by atomic mass is 10.1. The minimum Gasteiger partial charge on any atom is -0.298 e. The fourth-order valence-corrected chi connectivity index (χ4v) is 1.61. The van der Waals surface area contributed by atoms with E-state index in [-0.39, 0.29) is 0 Å². The summed E-state index contributed by atoms with van der Waals surface area (Å²) < 4.78 is 0. The molecule has 0 saturated heterocycles. The van der Waals surface area contributed by atoms with Gasteiger partial charge in [0.05, 0.1) is 10.6 Å². The quantitative estimate of drug-likeness (QED) is 0.723. The average Bonchev–Trinajstić information content (AvgIpc) is 2.30. The first-order valence-corrected chi connectivity index (χ1v) is 4.85. The van der Waals surface area contributed by atoms with E-state index in [0.29, 0.717) is 16.9 Å². The molecule has 1 aromatic carbocycles. The third kappa shape index (κ3) is 1.90. The molecule has 74 valence electrons.